The smallest absolute Gasteiger partial charge is 0.292 e. The van der Waals surface area contributed by atoms with Crippen LogP contribution < -0.4 is 10.1 Å². The van der Waals surface area contributed by atoms with E-state index in [9.17, 15) is 4.79 Å². The van der Waals surface area contributed by atoms with Gasteiger partial charge in [0, 0.05) is 12.2 Å². The second-order valence-electron chi connectivity index (χ2n) is 5.63. The van der Waals surface area contributed by atoms with Crippen LogP contribution in [-0.2, 0) is 9.47 Å². The highest BCUT2D eigenvalue weighted by Gasteiger charge is 2.17. The fourth-order valence-electron chi connectivity index (χ4n) is 2.24. The number of methoxy groups -OCH3 is 1. The van der Waals surface area contributed by atoms with Crippen LogP contribution in [0, 0.1) is 0 Å². The highest BCUT2D eigenvalue weighted by atomic mass is 16.5. The molecule has 6 nitrogen and oxygen atoms in total. The van der Waals surface area contributed by atoms with Crippen molar-refractivity contribution in [1.82, 2.24) is 5.32 Å². The molecule has 6 heteroatoms. The zero-order valence-electron chi connectivity index (χ0n) is 13.9. The van der Waals surface area contributed by atoms with E-state index in [0.29, 0.717) is 17.9 Å². The highest BCUT2D eigenvalue weighted by molar-refractivity contribution is 6.04. The fraction of sp³-hybridized carbons (Fsp3) is 0.529. The van der Waals surface area contributed by atoms with Crippen molar-refractivity contribution in [2.24, 2.45) is 4.99 Å². The van der Waals surface area contributed by atoms with Crippen LogP contribution in [0.3, 0.4) is 0 Å². The second-order valence-corrected chi connectivity index (χ2v) is 5.63. The number of nitrogens with zero attached hydrogens (tertiary/aromatic N) is 1. The lowest BCUT2D eigenvalue weighted by atomic mass is 10.2. The van der Waals surface area contributed by atoms with Crippen molar-refractivity contribution in [2.45, 2.75) is 38.9 Å². The maximum Gasteiger partial charge on any atom is 0.292 e. The SMILES string of the molecule is COc1cccc(C(=O)NC(=NC[C@@H]2CCCO2)OC(C)C)c1. The van der Waals surface area contributed by atoms with E-state index in [2.05, 4.69) is 10.3 Å². The molecule has 1 aromatic carbocycles. The lowest BCUT2D eigenvalue weighted by Crippen LogP contribution is -2.35. The summed E-state index contributed by atoms with van der Waals surface area (Å²) in [5, 5.41) is 2.72. The van der Waals surface area contributed by atoms with Crippen LogP contribution >= 0.6 is 0 Å². The molecule has 0 aromatic heterocycles. The topological polar surface area (TPSA) is 69.2 Å². The third kappa shape index (κ3) is 5.56. The largest absolute Gasteiger partial charge is 0.497 e. The molecule has 0 unspecified atom stereocenters. The molecule has 1 aromatic rings. The van der Waals surface area contributed by atoms with Gasteiger partial charge in [0.15, 0.2) is 0 Å². The number of hydrogen-bond donors (Lipinski definition) is 1. The molecule has 0 spiro atoms. The molecular weight excluding hydrogens is 296 g/mol. The van der Waals surface area contributed by atoms with Crippen molar-refractivity contribution < 1.29 is 19.0 Å². The molecule has 0 aliphatic carbocycles. The maximum atomic E-state index is 12.3. The van der Waals surface area contributed by atoms with Gasteiger partial charge in [0.05, 0.1) is 25.9 Å². The predicted molar refractivity (Wildman–Crippen MR) is 88.0 cm³/mol. The van der Waals surface area contributed by atoms with E-state index >= 15 is 0 Å². The first kappa shape index (κ1) is 17.3. The number of ether oxygens (including phenoxy) is 3. The molecule has 1 amide bonds. The number of aliphatic imine (C=N–C) groups is 1. The Kier molecular flexibility index (Phi) is 6.40. The zero-order valence-corrected chi connectivity index (χ0v) is 13.9. The first-order valence-corrected chi connectivity index (χ1v) is 7.86. The first-order chi connectivity index (χ1) is 11.1. The molecule has 2 rings (SSSR count). The molecule has 1 fully saturated rings. The van der Waals surface area contributed by atoms with Gasteiger partial charge in [-0.05, 0) is 44.9 Å². The van der Waals surface area contributed by atoms with Gasteiger partial charge in [0.25, 0.3) is 11.9 Å². The molecule has 23 heavy (non-hydrogen) atoms. The Morgan fingerprint density at radius 2 is 2.30 bits per heavy atom. The minimum absolute atomic E-state index is 0.0798. The van der Waals surface area contributed by atoms with Crippen LogP contribution in [0.2, 0.25) is 0 Å². The van der Waals surface area contributed by atoms with Crippen molar-refractivity contribution in [3.63, 3.8) is 0 Å². The zero-order chi connectivity index (χ0) is 16.7. The van der Waals surface area contributed by atoms with E-state index in [1.54, 1.807) is 31.4 Å². The third-order valence-corrected chi connectivity index (χ3v) is 3.36. The molecule has 1 aliphatic rings. The van der Waals surface area contributed by atoms with Crippen LogP contribution in [0.5, 0.6) is 5.75 Å². The molecule has 0 saturated carbocycles. The molecule has 1 aliphatic heterocycles. The van der Waals surface area contributed by atoms with Gasteiger partial charge in [0.2, 0.25) is 0 Å². The van der Waals surface area contributed by atoms with Gasteiger partial charge in [-0.3, -0.25) is 10.1 Å². The van der Waals surface area contributed by atoms with Gasteiger partial charge in [-0.15, -0.1) is 0 Å². The first-order valence-electron chi connectivity index (χ1n) is 7.86. The Morgan fingerprint density at radius 1 is 1.48 bits per heavy atom. The minimum atomic E-state index is -0.282. The summed E-state index contributed by atoms with van der Waals surface area (Å²) in [4.78, 5) is 16.7. The number of hydrogen-bond acceptors (Lipinski definition) is 5. The van der Waals surface area contributed by atoms with Gasteiger partial charge in [-0.2, -0.15) is 0 Å². The molecule has 1 atom stereocenters. The summed E-state index contributed by atoms with van der Waals surface area (Å²) in [6.07, 6.45) is 2.07. The fourth-order valence-corrected chi connectivity index (χ4v) is 2.24. The van der Waals surface area contributed by atoms with E-state index < -0.39 is 0 Å². The van der Waals surface area contributed by atoms with E-state index in [-0.39, 0.29) is 24.1 Å². The quantitative estimate of drug-likeness (QED) is 0.668. The number of carbonyl (C=O) groups is 1. The number of carbonyl (C=O) groups excluding carboxylic acids is 1. The van der Waals surface area contributed by atoms with Gasteiger partial charge < -0.3 is 14.2 Å². The molecule has 1 saturated heterocycles. The molecule has 0 bridgehead atoms. The van der Waals surface area contributed by atoms with Crippen LogP contribution in [0.15, 0.2) is 29.3 Å². The number of rotatable bonds is 5. The summed E-state index contributed by atoms with van der Waals surface area (Å²) in [5.74, 6) is 0.343. The number of amidine groups is 1. The standard InChI is InChI=1S/C17H24N2O4/c1-12(2)23-17(18-11-15-8-5-9-22-15)19-16(20)13-6-4-7-14(10-13)21-3/h4,6-7,10,12,15H,5,8-9,11H2,1-3H3,(H,18,19,20)/t15-/m0/s1. The van der Waals surface area contributed by atoms with E-state index in [1.807, 2.05) is 13.8 Å². The van der Waals surface area contributed by atoms with Crippen molar-refractivity contribution in [2.75, 3.05) is 20.3 Å². The predicted octanol–water partition coefficient (Wildman–Crippen LogP) is 2.39. The van der Waals surface area contributed by atoms with Crippen LogP contribution in [0.4, 0.5) is 0 Å². The monoisotopic (exact) mass is 320 g/mol. The normalized spacial score (nSPS) is 18.1. The number of nitrogens with one attached hydrogen (secondary N) is 1. The Hall–Kier alpha value is -2.08. The van der Waals surface area contributed by atoms with Crippen LogP contribution in [0.25, 0.3) is 0 Å². The minimum Gasteiger partial charge on any atom is -0.497 e. The Morgan fingerprint density at radius 3 is 2.96 bits per heavy atom. The van der Waals surface area contributed by atoms with E-state index in [4.69, 9.17) is 14.2 Å². The lowest BCUT2D eigenvalue weighted by molar-refractivity contribution is 0.0955. The van der Waals surface area contributed by atoms with Crippen molar-refractivity contribution >= 4 is 11.9 Å². The molecule has 0 radical (unpaired) electrons. The lowest BCUT2D eigenvalue weighted by Gasteiger charge is -2.14. The summed E-state index contributed by atoms with van der Waals surface area (Å²) in [6, 6.07) is 7.16. The van der Waals surface area contributed by atoms with Crippen molar-refractivity contribution in [3.05, 3.63) is 29.8 Å². The molecular formula is C17H24N2O4. The van der Waals surface area contributed by atoms with Gasteiger partial charge in [-0.25, -0.2) is 4.99 Å². The average Bonchev–Trinajstić information content (AvgIpc) is 3.05. The summed E-state index contributed by atoms with van der Waals surface area (Å²) in [5.41, 5.74) is 0.488. The Balaban J connectivity index is 2.03. The molecule has 1 heterocycles. The van der Waals surface area contributed by atoms with Crippen LogP contribution in [-0.4, -0.2) is 44.4 Å². The van der Waals surface area contributed by atoms with Crippen molar-refractivity contribution in [3.8, 4) is 5.75 Å². The van der Waals surface area contributed by atoms with E-state index in [1.165, 1.54) is 0 Å². The molecule has 126 valence electrons. The Labute approximate surface area is 136 Å². The van der Waals surface area contributed by atoms with E-state index in [0.717, 1.165) is 19.4 Å². The average molecular weight is 320 g/mol. The van der Waals surface area contributed by atoms with Gasteiger partial charge >= 0.3 is 0 Å². The summed E-state index contributed by atoms with van der Waals surface area (Å²) in [6.45, 7) is 5.04. The third-order valence-electron chi connectivity index (χ3n) is 3.36. The van der Waals surface area contributed by atoms with Crippen LogP contribution in [0.1, 0.15) is 37.0 Å². The van der Waals surface area contributed by atoms with Gasteiger partial charge in [0.1, 0.15) is 5.75 Å². The summed E-state index contributed by atoms with van der Waals surface area (Å²) in [7, 11) is 1.56. The van der Waals surface area contributed by atoms with Gasteiger partial charge in [-0.1, -0.05) is 6.07 Å². The second kappa shape index (κ2) is 8.53. The molecule has 1 N–H and O–H groups in total. The summed E-state index contributed by atoms with van der Waals surface area (Å²) >= 11 is 0. The highest BCUT2D eigenvalue weighted by Crippen LogP contribution is 2.13. The number of amides is 1. The summed E-state index contributed by atoms with van der Waals surface area (Å²) < 4.78 is 16.3. The number of benzene rings is 1. The maximum absolute atomic E-state index is 12.3. The van der Waals surface area contributed by atoms with Crippen molar-refractivity contribution in [1.29, 1.82) is 0 Å². The Bertz CT molecular complexity index is 551.